The standard InChI is InChI=1S/C10H18N2O3/c1-8(7-9(13)14)10(15)12-5-3-11(2)4-6-12/h8H,3-7H2,1-2H3,(H,13,14). The van der Waals surface area contributed by atoms with Gasteiger partial charge in [0, 0.05) is 32.1 Å². The number of carbonyl (C=O) groups is 2. The second kappa shape index (κ2) is 5.11. The van der Waals surface area contributed by atoms with Crippen molar-refractivity contribution in [3.05, 3.63) is 0 Å². The Morgan fingerprint density at radius 1 is 1.27 bits per heavy atom. The third kappa shape index (κ3) is 3.51. The second-order valence-corrected chi connectivity index (χ2v) is 4.13. The van der Waals surface area contributed by atoms with Gasteiger partial charge in [0.15, 0.2) is 0 Å². The lowest BCUT2D eigenvalue weighted by atomic mass is 10.1. The topological polar surface area (TPSA) is 60.9 Å². The monoisotopic (exact) mass is 214 g/mol. The number of amides is 1. The molecule has 0 saturated carbocycles. The van der Waals surface area contributed by atoms with E-state index < -0.39 is 11.9 Å². The van der Waals surface area contributed by atoms with Crippen molar-refractivity contribution in [3.8, 4) is 0 Å². The van der Waals surface area contributed by atoms with E-state index >= 15 is 0 Å². The molecule has 86 valence electrons. The van der Waals surface area contributed by atoms with Crippen molar-refractivity contribution >= 4 is 11.9 Å². The number of carboxylic acids is 1. The Kier molecular flexibility index (Phi) is 4.08. The van der Waals surface area contributed by atoms with E-state index in [1.807, 2.05) is 7.05 Å². The number of carbonyl (C=O) groups excluding carboxylic acids is 1. The summed E-state index contributed by atoms with van der Waals surface area (Å²) in [6.07, 6.45) is -0.0782. The van der Waals surface area contributed by atoms with E-state index in [1.165, 1.54) is 0 Å². The van der Waals surface area contributed by atoms with Crippen LogP contribution in [0.15, 0.2) is 0 Å². The van der Waals surface area contributed by atoms with Gasteiger partial charge in [-0.15, -0.1) is 0 Å². The summed E-state index contributed by atoms with van der Waals surface area (Å²) in [7, 11) is 2.02. The first kappa shape index (κ1) is 12.0. The molecular weight excluding hydrogens is 196 g/mol. The molecule has 1 heterocycles. The van der Waals surface area contributed by atoms with Crippen LogP contribution in [-0.4, -0.2) is 60.0 Å². The number of hydrogen-bond acceptors (Lipinski definition) is 3. The minimum Gasteiger partial charge on any atom is -0.481 e. The molecule has 0 aromatic rings. The van der Waals surface area contributed by atoms with Crippen LogP contribution in [0.5, 0.6) is 0 Å². The van der Waals surface area contributed by atoms with Crippen LogP contribution in [0.1, 0.15) is 13.3 Å². The van der Waals surface area contributed by atoms with Crippen molar-refractivity contribution in [1.82, 2.24) is 9.80 Å². The molecule has 1 N–H and O–H groups in total. The number of rotatable bonds is 3. The van der Waals surface area contributed by atoms with Gasteiger partial charge in [-0.2, -0.15) is 0 Å². The molecule has 0 radical (unpaired) electrons. The molecule has 0 aromatic heterocycles. The van der Waals surface area contributed by atoms with Crippen LogP contribution in [0.25, 0.3) is 0 Å². The summed E-state index contributed by atoms with van der Waals surface area (Å²) in [5, 5.41) is 8.59. The maximum absolute atomic E-state index is 11.8. The summed E-state index contributed by atoms with van der Waals surface area (Å²) >= 11 is 0. The quantitative estimate of drug-likeness (QED) is 0.711. The molecule has 1 aliphatic rings. The van der Waals surface area contributed by atoms with Crippen molar-refractivity contribution in [2.75, 3.05) is 33.2 Å². The highest BCUT2D eigenvalue weighted by Crippen LogP contribution is 2.09. The van der Waals surface area contributed by atoms with E-state index in [-0.39, 0.29) is 12.3 Å². The van der Waals surface area contributed by atoms with Gasteiger partial charge in [0.1, 0.15) is 0 Å². The average molecular weight is 214 g/mol. The number of likely N-dealkylation sites (N-methyl/N-ethyl adjacent to an activating group) is 1. The Morgan fingerprint density at radius 3 is 2.27 bits per heavy atom. The van der Waals surface area contributed by atoms with Gasteiger partial charge >= 0.3 is 5.97 Å². The van der Waals surface area contributed by atoms with E-state index in [1.54, 1.807) is 11.8 Å². The Labute approximate surface area is 89.7 Å². The fraction of sp³-hybridized carbons (Fsp3) is 0.800. The normalized spacial score (nSPS) is 20.0. The lowest BCUT2D eigenvalue weighted by Crippen LogP contribution is -2.48. The van der Waals surface area contributed by atoms with Gasteiger partial charge in [0.25, 0.3) is 0 Å². The molecule has 0 spiro atoms. The molecule has 15 heavy (non-hydrogen) atoms. The fourth-order valence-electron chi connectivity index (χ4n) is 1.69. The van der Waals surface area contributed by atoms with E-state index in [0.29, 0.717) is 13.1 Å². The number of hydrogen-bond donors (Lipinski definition) is 1. The first-order valence-corrected chi connectivity index (χ1v) is 5.20. The number of nitrogens with zero attached hydrogens (tertiary/aromatic N) is 2. The summed E-state index contributed by atoms with van der Waals surface area (Å²) in [6.45, 7) is 4.82. The first-order chi connectivity index (χ1) is 7.00. The van der Waals surface area contributed by atoms with Gasteiger partial charge in [0.2, 0.25) is 5.91 Å². The van der Waals surface area contributed by atoms with Crippen molar-refractivity contribution < 1.29 is 14.7 Å². The van der Waals surface area contributed by atoms with Gasteiger partial charge in [0.05, 0.1) is 6.42 Å². The second-order valence-electron chi connectivity index (χ2n) is 4.13. The zero-order valence-corrected chi connectivity index (χ0v) is 9.27. The zero-order valence-electron chi connectivity index (χ0n) is 9.27. The summed E-state index contributed by atoms with van der Waals surface area (Å²) < 4.78 is 0. The van der Waals surface area contributed by atoms with Crippen molar-refractivity contribution in [2.45, 2.75) is 13.3 Å². The lowest BCUT2D eigenvalue weighted by Gasteiger charge is -2.33. The molecule has 1 amide bonds. The Morgan fingerprint density at radius 2 is 1.80 bits per heavy atom. The molecule has 0 aromatic carbocycles. The van der Waals surface area contributed by atoms with E-state index in [0.717, 1.165) is 13.1 Å². The highest BCUT2D eigenvalue weighted by molar-refractivity contribution is 5.83. The SMILES string of the molecule is CC(CC(=O)O)C(=O)N1CCN(C)CC1. The molecule has 0 bridgehead atoms. The minimum atomic E-state index is -0.912. The minimum absolute atomic E-state index is 0.0366. The summed E-state index contributed by atoms with van der Waals surface area (Å²) in [6, 6.07) is 0. The molecule has 1 saturated heterocycles. The van der Waals surface area contributed by atoms with Crippen LogP contribution >= 0.6 is 0 Å². The Hall–Kier alpha value is -1.10. The van der Waals surface area contributed by atoms with Gasteiger partial charge in [-0.05, 0) is 7.05 Å². The highest BCUT2D eigenvalue weighted by Gasteiger charge is 2.24. The number of piperazine rings is 1. The fourth-order valence-corrected chi connectivity index (χ4v) is 1.69. The van der Waals surface area contributed by atoms with Crippen LogP contribution in [-0.2, 0) is 9.59 Å². The predicted molar refractivity (Wildman–Crippen MR) is 55.5 cm³/mol. The number of carboxylic acid groups (broad SMARTS) is 1. The van der Waals surface area contributed by atoms with Gasteiger partial charge in [-0.3, -0.25) is 9.59 Å². The molecule has 5 heteroatoms. The number of aliphatic carboxylic acids is 1. The van der Waals surface area contributed by atoms with Crippen molar-refractivity contribution in [1.29, 1.82) is 0 Å². The molecule has 1 atom stereocenters. The van der Waals surface area contributed by atoms with E-state index in [9.17, 15) is 9.59 Å². The zero-order chi connectivity index (χ0) is 11.4. The van der Waals surface area contributed by atoms with Crippen LogP contribution in [0.2, 0.25) is 0 Å². The molecule has 5 nitrogen and oxygen atoms in total. The predicted octanol–water partition coefficient (Wildman–Crippen LogP) is -0.129. The van der Waals surface area contributed by atoms with Crippen LogP contribution in [0.4, 0.5) is 0 Å². The third-order valence-electron chi connectivity index (χ3n) is 2.72. The molecule has 1 fully saturated rings. The molecule has 0 aliphatic carbocycles. The lowest BCUT2D eigenvalue weighted by molar-refractivity contribution is -0.144. The summed E-state index contributed by atoms with van der Waals surface area (Å²) in [5.41, 5.74) is 0. The molecule has 1 rings (SSSR count). The molecular formula is C10H18N2O3. The summed E-state index contributed by atoms with van der Waals surface area (Å²) in [4.78, 5) is 26.2. The Bertz CT molecular complexity index is 247. The molecule has 1 unspecified atom stereocenters. The van der Waals surface area contributed by atoms with Gasteiger partial charge in [-0.1, -0.05) is 6.92 Å². The van der Waals surface area contributed by atoms with Crippen LogP contribution in [0.3, 0.4) is 0 Å². The average Bonchev–Trinajstić information content (AvgIpc) is 2.17. The third-order valence-corrected chi connectivity index (χ3v) is 2.72. The smallest absolute Gasteiger partial charge is 0.304 e. The van der Waals surface area contributed by atoms with Gasteiger partial charge < -0.3 is 14.9 Å². The summed E-state index contributed by atoms with van der Waals surface area (Å²) in [5.74, 6) is -1.36. The molecule has 1 aliphatic heterocycles. The first-order valence-electron chi connectivity index (χ1n) is 5.20. The largest absolute Gasteiger partial charge is 0.481 e. The van der Waals surface area contributed by atoms with Crippen molar-refractivity contribution in [2.24, 2.45) is 5.92 Å². The van der Waals surface area contributed by atoms with Crippen LogP contribution in [0, 0.1) is 5.92 Å². The van der Waals surface area contributed by atoms with E-state index in [4.69, 9.17) is 5.11 Å². The maximum Gasteiger partial charge on any atom is 0.304 e. The van der Waals surface area contributed by atoms with Crippen LogP contribution < -0.4 is 0 Å². The van der Waals surface area contributed by atoms with E-state index in [2.05, 4.69) is 4.90 Å². The maximum atomic E-state index is 11.8. The highest BCUT2D eigenvalue weighted by atomic mass is 16.4. The van der Waals surface area contributed by atoms with Gasteiger partial charge in [-0.25, -0.2) is 0 Å². The van der Waals surface area contributed by atoms with Crippen molar-refractivity contribution in [3.63, 3.8) is 0 Å². The Balaban J connectivity index is 2.42.